The van der Waals surface area contributed by atoms with Crippen molar-refractivity contribution in [1.82, 2.24) is 14.5 Å². The lowest BCUT2D eigenvalue weighted by atomic mass is 9.65. The molecule has 0 spiro atoms. The van der Waals surface area contributed by atoms with E-state index < -0.39 is 0 Å². The second-order valence-electron chi connectivity index (χ2n) is 14.8. The lowest BCUT2D eigenvalue weighted by Gasteiger charge is -2.52. The minimum absolute atomic E-state index is 0.0215. The van der Waals surface area contributed by atoms with Crippen molar-refractivity contribution < 1.29 is 4.74 Å². The van der Waals surface area contributed by atoms with Crippen LogP contribution in [-0.2, 0) is 5.41 Å². The molecular formula is C41H41N5O. The first-order valence-corrected chi connectivity index (χ1v) is 17.1. The molecule has 3 fully saturated rings. The standard InChI is InChI=1S/C41H41N5O/c1-40(2,3)29-18-23-42-38(24-29)46-35-11-5-4-10-33(35)34-14-13-32(26-37(34)46)47-31-9-6-8-30(25-31)44-27-45(36-12-7-22-43-39(36)44)41-19-15-28(16-20-41)17-21-41/h4-14,18,22-26,28H,15-17,19-21,27H2,1-3H3. The van der Waals surface area contributed by atoms with Gasteiger partial charge in [-0.2, -0.15) is 0 Å². The summed E-state index contributed by atoms with van der Waals surface area (Å²) in [6.07, 6.45) is 11.8. The molecule has 3 aromatic heterocycles. The number of fused-ring (bicyclic) bond motifs is 7. The minimum Gasteiger partial charge on any atom is -0.457 e. The zero-order valence-electron chi connectivity index (χ0n) is 27.5. The highest BCUT2D eigenvalue weighted by atomic mass is 16.5. The van der Waals surface area contributed by atoms with E-state index in [0.717, 1.165) is 52.4 Å². The fraction of sp³-hybridized carbons (Fsp3) is 0.317. The molecule has 6 heteroatoms. The van der Waals surface area contributed by atoms with Gasteiger partial charge in [-0.15, -0.1) is 0 Å². The number of anilines is 3. The van der Waals surface area contributed by atoms with E-state index in [1.807, 2.05) is 18.5 Å². The molecule has 0 saturated heterocycles. The molecule has 47 heavy (non-hydrogen) atoms. The first kappa shape index (κ1) is 28.4. The average molecular weight is 620 g/mol. The number of benzene rings is 3. The molecule has 236 valence electrons. The quantitative estimate of drug-likeness (QED) is 0.192. The monoisotopic (exact) mass is 619 g/mol. The molecule has 4 aliphatic rings. The van der Waals surface area contributed by atoms with Crippen LogP contribution in [0.4, 0.5) is 17.2 Å². The van der Waals surface area contributed by atoms with Crippen LogP contribution in [0.3, 0.4) is 0 Å². The summed E-state index contributed by atoms with van der Waals surface area (Å²) in [5.41, 5.74) is 6.11. The van der Waals surface area contributed by atoms with E-state index in [0.29, 0.717) is 0 Å². The van der Waals surface area contributed by atoms with Crippen LogP contribution in [0.15, 0.2) is 103 Å². The Kier molecular flexibility index (Phi) is 6.40. The Balaban J connectivity index is 1.07. The van der Waals surface area contributed by atoms with E-state index in [-0.39, 0.29) is 11.0 Å². The van der Waals surface area contributed by atoms with Crippen molar-refractivity contribution in [2.24, 2.45) is 5.92 Å². The predicted molar refractivity (Wildman–Crippen MR) is 191 cm³/mol. The van der Waals surface area contributed by atoms with E-state index in [2.05, 4.69) is 120 Å². The maximum atomic E-state index is 6.64. The van der Waals surface area contributed by atoms with Gasteiger partial charge in [0, 0.05) is 46.5 Å². The van der Waals surface area contributed by atoms with Crippen molar-refractivity contribution in [1.29, 1.82) is 0 Å². The van der Waals surface area contributed by atoms with E-state index >= 15 is 0 Å². The van der Waals surface area contributed by atoms with Gasteiger partial charge < -0.3 is 14.5 Å². The smallest absolute Gasteiger partial charge is 0.158 e. The van der Waals surface area contributed by atoms with Gasteiger partial charge in [-0.25, -0.2) is 9.97 Å². The van der Waals surface area contributed by atoms with E-state index in [1.54, 1.807) is 0 Å². The van der Waals surface area contributed by atoms with Crippen LogP contribution in [0.5, 0.6) is 11.5 Å². The molecular weight excluding hydrogens is 578 g/mol. The van der Waals surface area contributed by atoms with Crippen molar-refractivity contribution in [2.75, 3.05) is 16.5 Å². The zero-order valence-corrected chi connectivity index (χ0v) is 27.5. The number of para-hydroxylation sites is 1. The Morgan fingerprint density at radius 2 is 1.51 bits per heavy atom. The lowest BCUT2D eigenvalue weighted by Crippen LogP contribution is -2.54. The Morgan fingerprint density at radius 3 is 2.34 bits per heavy atom. The summed E-state index contributed by atoms with van der Waals surface area (Å²) in [6.45, 7) is 7.55. The van der Waals surface area contributed by atoms with Gasteiger partial charge in [0.15, 0.2) is 5.82 Å². The maximum Gasteiger partial charge on any atom is 0.158 e. The first-order chi connectivity index (χ1) is 22.9. The number of aromatic nitrogens is 3. The molecule has 1 aliphatic heterocycles. The highest BCUT2D eigenvalue weighted by Crippen LogP contribution is 2.53. The molecule has 0 amide bonds. The maximum absolute atomic E-state index is 6.64. The third kappa shape index (κ3) is 4.68. The van der Waals surface area contributed by atoms with Gasteiger partial charge in [0.2, 0.25) is 0 Å². The number of hydrogen-bond donors (Lipinski definition) is 0. The molecule has 10 rings (SSSR count). The Hall–Kier alpha value is -4.84. The van der Waals surface area contributed by atoms with Crippen molar-refractivity contribution in [3.05, 3.63) is 109 Å². The topological polar surface area (TPSA) is 46.4 Å². The van der Waals surface area contributed by atoms with Gasteiger partial charge >= 0.3 is 0 Å². The number of ether oxygens (including phenoxy) is 1. The summed E-state index contributed by atoms with van der Waals surface area (Å²) in [5, 5.41) is 2.38. The van der Waals surface area contributed by atoms with Crippen molar-refractivity contribution in [3.63, 3.8) is 0 Å². The molecule has 3 aliphatic carbocycles. The molecule has 4 heterocycles. The van der Waals surface area contributed by atoms with Gasteiger partial charge in [0.05, 0.1) is 23.4 Å². The number of hydrogen-bond acceptors (Lipinski definition) is 5. The number of rotatable bonds is 5. The summed E-state index contributed by atoms with van der Waals surface area (Å²) in [7, 11) is 0. The second kappa shape index (κ2) is 10.6. The highest BCUT2D eigenvalue weighted by molar-refractivity contribution is 6.09. The van der Waals surface area contributed by atoms with Crippen molar-refractivity contribution in [3.8, 4) is 17.3 Å². The fourth-order valence-electron chi connectivity index (χ4n) is 8.45. The van der Waals surface area contributed by atoms with Gasteiger partial charge in [-0.05, 0) is 110 Å². The zero-order chi connectivity index (χ0) is 31.8. The van der Waals surface area contributed by atoms with Crippen LogP contribution in [0.25, 0.3) is 27.6 Å². The molecule has 3 saturated carbocycles. The average Bonchev–Trinajstić information content (AvgIpc) is 3.66. The van der Waals surface area contributed by atoms with E-state index in [9.17, 15) is 0 Å². The molecule has 0 N–H and O–H groups in total. The van der Waals surface area contributed by atoms with Crippen LogP contribution < -0.4 is 14.5 Å². The molecule has 0 atom stereocenters. The lowest BCUT2D eigenvalue weighted by molar-refractivity contribution is 0.133. The summed E-state index contributed by atoms with van der Waals surface area (Å²) in [6, 6.07) is 32.1. The molecule has 3 aromatic carbocycles. The van der Waals surface area contributed by atoms with Crippen LogP contribution in [0, 0.1) is 5.92 Å². The number of pyridine rings is 2. The molecule has 2 bridgehead atoms. The van der Waals surface area contributed by atoms with Crippen LogP contribution in [0.2, 0.25) is 0 Å². The Bertz CT molecular complexity index is 2120. The normalized spacial score (nSPS) is 20.7. The van der Waals surface area contributed by atoms with Crippen LogP contribution in [0.1, 0.15) is 64.9 Å². The number of nitrogens with zero attached hydrogens (tertiary/aromatic N) is 5. The Morgan fingerprint density at radius 1 is 0.723 bits per heavy atom. The fourth-order valence-corrected chi connectivity index (χ4v) is 8.45. The van der Waals surface area contributed by atoms with Gasteiger partial charge in [-0.1, -0.05) is 45.0 Å². The van der Waals surface area contributed by atoms with Crippen LogP contribution >= 0.6 is 0 Å². The summed E-state index contributed by atoms with van der Waals surface area (Å²) in [5.74, 6) is 4.50. The molecule has 6 nitrogen and oxygen atoms in total. The molecule has 6 aromatic rings. The van der Waals surface area contributed by atoms with Crippen molar-refractivity contribution >= 4 is 39.0 Å². The van der Waals surface area contributed by atoms with E-state index in [1.165, 1.54) is 60.5 Å². The molecule has 0 unspecified atom stereocenters. The third-order valence-corrected chi connectivity index (χ3v) is 11.1. The summed E-state index contributed by atoms with van der Waals surface area (Å²) in [4.78, 5) is 14.8. The molecule has 0 radical (unpaired) electrons. The second-order valence-corrected chi connectivity index (χ2v) is 14.8. The van der Waals surface area contributed by atoms with Crippen LogP contribution in [-0.4, -0.2) is 26.7 Å². The summed E-state index contributed by atoms with van der Waals surface area (Å²) >= 11 is 0. The predicted octanol–water partition coefficient (Wildman–Crippen LogP) is 10.3. The van der Waals surface area contributed by atoms with Gasteiger partial charge in [0.25, 0.3) is 0 Å². The summed E-state index contributed by atoms with van der Waals surface area (Å²) < 4.78 is 8.90. The Labute approximate surface area is 276 Å². The third-order valence-electron chi connectivity index (χ3n) is 11.1. The van der Waals surface area contributed by atoms with Crippen molar-refractivity contribution in [2.45, 2.75) is 70.3 Å². The SMILES string of the molecule is CC(C)(C)c1ccnc(-n2c3ccccc3c3ccc(Oc4cccc(N5CN(C67CCC(CC6)CC7)c6cccnc65)c4)cc32)c1. The first-order valence-electron chi connectivity index (χ1n) is 17.1. The van der Waals surface area contributed by atoms with E-state index in [4.69, 9.17) is 14.7 Å². The highest BCUT2D eigenvalue weighted by Gasteiger charge is 2.48. The largest absolute Gasteiger partial charge is 0.457 e. The minimum atomic E-state index is 0.0215. The van der Waals surface area contributed by atoms with Gasteiger partial charge in [0.1, 0.15) is 17.3 Å². The van der Waals surface area contributed by atoms with Gasteiger partial charge in [-0.3, -0.25) is 4.57 Å².